The Hall–Kier alpha value is -4.19. The van der Waals surface area contributed by atoms with Crippen molar-refractivity contribution in [3.8, 4) is 11.5 Å². The molecule has 0 atom stereocenters. The van der Waals surface area contributed by atoms with Gasteiger partial charge in [0.15, 0.2) is 0 Å². The highest BCUT2D eigenvalue weighted by atomic mass is 19.3. The number of carbonyl (C=O) groups is 1. The number of hydrogen-bond donors (Lipinski definition) is 1. The fraction of sp³-hybridized carbons (Fsp3) is 0.308. The molecule has 1 amide bonds. The van der Waals surface area contributed by atoms with Gasteiger partial charge in [0.05, 0.1) is 35.2 Å². The lowest BCUT2D eigenvalue weighted by atomic mass is 10.00. The highest BCUT2D eigenvalue weighted by Crippen LogP contribution is 2.37. The van der Waals surface area contributed by atoms with E-state index < -0.39 is 18.1 Å². The number of likely N-dealkylation sites (N-methyl/N-ethyl adjacent to an activating group) is 2. The predicted molar refractivity (Wildman–Crippen MR) is 136 cm³/mol. The molecular formula is C26H26F3N7O2. The number of rotatable bonds is 9. The van der Waals surface area contributed by atoms with Crippen LogP contribution in [0.4, 0.5) is 24.5 Å². The summed E-state index contributed by atoms with van der Waals surface area (Å²) in [6, 6.07) is 6.57. The lowest BCUT2D eigenvalue weighted by Crippen LogP contribution is -2.57. The standard InChI is InChI=1S/C26H26F3N7O2/c1-34-13-19(14-34)35(2)22-8-20(16-4-3-7-30-10-16)21(27)9-23(22)36(15-37)12-18-6-5-17(11-31-18)25-32-33-26(38-25)24(28)29/h3-6,8-11,15,19,24,30H,7,12-14H2,1-2H3. The Labute approximate surface area is 217 Å². The Kier molecular flexibility index (Phi) is 7.14. The Morgan fingerprint density at radius 3 is 2.66 bits per heavy atom. The van der Waals surface area contributed by atoms with Crippen molar-refractivity contribution in [1.82, 2.24) is 25.4 Å². The van der Waals surface area contributed by atoms with Gasteiger partial charge in [0.2, 0.25) is 12.3 Å². The molecular weight excluding hydrogens is 499 g/mol. The normalized spacial score (nSPS) is 15.7. The average Bonchev–Trinajstić information content (AvgIpc) is 3.41. The van der Waals surface area contributed by atoms with Crippen molar-refractivity contribution in [3.05, 3.63) is 71.8 Å². The molecule has 9 nitrogen and oxygen atoms in total. The van der Waals surface area contributed by atoms with Gasteiger partial charge in [-0.15, -0.1) is 10.2 Å². The molecule has 12 heteroatoms. The smallest absolute Gasteiger partial charge is 0.314 e. The van der Waals surface area contributed by atoms with Crippen molar-refractivity contribution >= 4 is 23.4 Å². The number of aromatic nitrogens is 3. The van der Waals surface area contributed by atoms with Crippen LogP contribution in [0.5, 0.6) is 0 Å². The van der Waals surface area contributed by atoms with E-state index in [1.807, 2.05) is 26.2 Å². The summed E-state index contributed by atoms with van der Waals surface area (Å²) in [6.07, 6.45) is 4.73. The number of dihydropyridines is 1. The van der Waals surface area contributed by atoms with Crippen LogP contribution in [0, 0.1) is 5.82 Å². The van der Waals surface area contributed by atoms with E-state index >= 15 is 4.39 Å². The minimum Gasteiger partial charge on any atom is -0.415 e. The van der Waals surface area contributed by atoms with Crippen LogP contribution in [-0.2, 0) is 11.3 Å². The van der Waals surface area contributed by atoms with Gasteiger partial charge >= 0.3 is 6.43 Å². The van der Waals surface area contributed by atoms with Gasteiger partial charge in [-0.2, -0.15) is 8.78 Å². The summed E-state index contributed by atoms with van der Waals surface area (Å²) in [7, 11) is 3.97. The molecule has 0 spiro atoms. The van der Waals surface area contributed by atoms with Gasteiger partial charge in [0.1, 0.15) is 5.82 Å². The number of likely N-dealkylation sites (tertiary alicyclic amines) is 1. The maximum atomic E-state index is 15.4. The molecule has 2 aliphatic heterocycles. The summed E-state index contributed by atoms with van der Waals surface area (Å²) >= 11 is 0. The number of nitrogens with one attached hydrogen (secondary N) is 1. The molecule has 1 fully saturated rings. The van der Waals surface area contributed by atoms with Crippen LogP contribution in [-0.4, -0.2) is 66.3 Å². The van der Waals surface area contributed by atoms with E-state index in [4.69, 9.17) is 4.42 Å². The molecule has 0 saturated carbocycles. The van der Waals surface area contributed by atoms with Crippen LogP contribution in [0.3, 0.4) is 0 Å². The van der Waals surface area contributed by atoms with Crippen molar-refractivity contribution < 1.29 is 22.4 Å². The minimum atomic E-state index is -2.87. The number of allylic oxidation sites excluding steroid dienone is 2. The molecule has 5 rings (SSSR count). The molecule has 3 aromatic rings. The van der Waals surface area contributed by atoms with Crippen molar-refractivity contribution in [1.29, 1.82) is 0 Å². The first kappa shape index (κ1) is 25.5. The largest absolute Gasteiger partial charge is 0.415 e. The molecule has 0 aliphatic carbocycles. The number of amides is 1. The van der Waals surface area contributed by atoms with Crippen molar-refractivity contribution in [2.24, 2.45) is 0 Å². The van der Waals surface area contributed by atoms with Crippen LogP contribution >= 0.6 is 0 Å². The molecule has 2 aliphatic rings. The van der Waals surface area contributed by atoms with Crippen molar-refractivity contribution in [3.63, 3.8) is 0 Å². The summed E-state index contributed by atoms with van der Waals surface area (Å²) in [5.41, 5.74) is 3.13. The van der Waals surface area contributed by atoms with E-state index in [1.54, 1.807) is 24.4 Å². The van der Waals surface area contributed by atoms with Crippen LogP contribution in [0.25, 0.3) is 17.0 Å². The maximum Gasteiger partial charge on any atom is 0.314 e. The first-order valence-corrected chi connectivity index (χ1v) is 12.0. The predicted octanol–water partition coefficient (Wildman–Crippen LogP) is 3.62. The molecule has 38 heavy (non-hydrogen) atoms. The number of pyridine rings is 1. The van der Waals surface area contributed by atoms with Crippen LogP contribution in [0.1, 0.15) is 23.6 Å². The van der Waals surface area contributed by atoms with Crippen LogP contribution in [0.15, 0.2) is 53.2 Å². The van der Waals surface area contributed by atoms with Gasteiger partial charge in [0.25, 0.3) is 5.89 Å². The lowest BCUT2D eigenvalue weighted by Gasteiger charge is -2.44. The number of alkyl halides is 2. The van der Waals surface area contributed by atoms with Crippen molar-refractivity contribution in [2.75, 3.05) is 43.5 Å². The lowest BCUT2D eigenvalue weighted by molar-refractivity contribution is -0.107. The molecule has 0 bridgehead atoms. The molecule has 4 heterocycles. The second-order valence-corrected chi connectivity index (χ2v) is 9.23. The molecule has 198 valence electrons. The number of hydrogen-bond acceptors (Lipinski definition) is 8. The van der Waals surface area contributed by atoms with Gasteiger partial charge in [-0.05, 0) is 25.2 Å². The van der Waals surface area contributed by atoms with E-state index in [1.165, 1.54) is 17.2 Å². The first-order chi connectivity index (χ1) is 18.3. The number of carbonyl (C=O) groups excluding carboxylic acids is 1. The minimum absolute atomic E-state index is 0.0598. The molecule has 0 radical (unpaired) electrons. The first-order valence-electron chi connectivity index (χ1n) is 12.0. The zero-order valence-electron chi connectivity index (χ0n) is 20.8. The summed E-state index contributed by atoms with van der Waals surface area (Å²) in [5.74, 6) is -1.31. The molecule has 1 aromatic carbocycles. The number of halogens is 3. The third kappa shape index (κ3) is 5.12. The zero-order chi connectivity index (χ0) is 26.8. The van der Waals surface area contributed by atoms with Gasteiger partial charge in [-0.3, -0.25) is 9.78 Å². The number of benzene rings is 1. The Morgan fingerprint density at radius 1 is 1.24 bits per heavy atom. The highest BCUT2D eigenvalue weighted by molar-refractivity contribution is 5.88. The Morgan fingerprint density at radius 2 is 2.05 bits per heavy atom. The van der Waals surface area contributed by atoms with E-state index in [9.17, 15) is 13.6 Å². The summed E-state index contributed by atoms with van der Waals surface area (Å²) in [6.45, 7) is 2.43. The second kappa shape index (κ2) is 10.7. The highest BCUT2D eigenvalue weighted by Gasteiger charge is 2.30. The summed E-state index contributed by atoms with van der Waals surface area (Å²) in [5, 5.41) is 10.0. The molecule has 0 unspecified atom stereocenters. The van der Waals surface area contributed by atoms with E-state index in [0.717, 1.165) is 13.1 Å². The van der Waals surface area contributed by atoms with Gasteiger partial charge in [0, 0.05) is 56.3 Å². The van der Waals surface area contributed by atoms with E-state index in [2.05, 4.69) is 30.3 Å². The second-order valence-electron chi connectivity index (χ2n) is 9.23. The number of anilines is 2. The average molecular weight is 526 g/mol. The quantitative estimate of drug-likeness (QED) is 0.424. The Bertz CT molecular complexity index is 1370. The van der Waals surface area contributed by atoms with E-state index in [-0.39, 0.29) is 18.5 Å². The topological polar surface area (TPSA) is 90.6 Å². The maximum absolute atomic E-state index is 15.4. The van der Waals surface area contributed by atoms with Gasteiger partial charge in [-0.1, -0.05) is 12.2 Å². The summed E-state index contributed by atoms with van der Waals surface area (Å²) < 4.78 is 45.9. The van der Waals surface area contributed by atoms with Gasteiger partial charge < -0.3 is 24.4 Å². The summed E-state index contributed by atoms with van der Waals surface area (Å²) in [4.78, 5) is 22.2. The molecule has 1 saturated heterocycles. The van der Waals surface area contributed by atoms with Crippen LogP contribution < -0.4 is 15.1 Å². The fourth-order valence-corrected chi connectivity index (χ4v) is 4.47. The van der Waals surface area contributed by atoms with Gasteiger partial charge in [-0.25, -0.2) is 4.39 Å². The SMILES string of the molecule is CN1CC(N(C)c2cc(C3=CNCC=C3)c(F)cc2N(C=O)Cc2ccc(-c3nnc(C(F)F)o3)cn2)C1. The van der Waals surface area contributed by atoms with Crippen LogP contribution in [0.2, 0.25) is 0 Å². The third-order valence-corrected chi connectivity index (χ3v) is 6.61. The van der Waals surface area contributed by atoms with E-state index in [0.29, 0.717) is 46.7 Å². The zero-order valence-corrected chi connectivity index (χ0v) is 20.8. The Balaban J connectivity index is 1.44. The number of nitrogens with zero attached hydrogens (tertiary/aromatic N) is 6. The fourth-order valence-electron chi connectivity index (χ4n) is 4.47. The monoisotopic (exact) mass is 525 g/mol. The van der Waals surface area contributed by atoms with Crippen molar-refractivity contribution in [2.45, 2.75) is 19.0 Å². The third-order valence-electron chi connectivity index (χ3n) is 6.61. The molecule has 1 N–H and O–H groups in total. The molecule has 2 aromatic heterocycles.